The lowest BCUT2D eigenvalue weighted by Crippen LogP contribution is -2.34. The molecule has 1 unspecified atom stereocenters. The van der Waals surface area contributed by atoms with Gasteiger partial charge in [0, 0.05) is 29.5 Å². The average Bonchev–Trinajstić information content (AvgIpc) is 3.35. The fraction of sp³-hybridized carbons (Fsp3) is 0.174. The van der Waals surface area contributed by atoms with Crippen LogP contribution in [-0.4, -0.2) is 19.1 Å². The highest BCUT2D eigenvalue weighted by Crippen LogP contribution is 2.36. The number of ether oxygens (including phenoxy) is 1. The van der Waals surface area contributed by atoms with E-state index in [0.717, 1.165) is 22.3 Å². The van der Waals surface area contributed by atoms with Gasteiger partial charge in [0.25, 0.3) is 5.91 Å². The number of rotatable bonds is 6. The highest BCUT2D eigenvalue weighted by atomic mass is 16.5. The Bertz CT molecular complexity index is 1080. The van der Waals surface area contributed by atoms with Gasteiger partial charge in [-0.05, 0) is 36.8 Å². The summed E-state index contributed by atoms with van der Waals surface area (Å²) in [5.41, 5.74) is 2.32. The van der Waals surface area contributed by atoms with Gasteiger partial charge in [-0.3, -0.25) is 4.79 Å². The Morgan fingerprint density at radius 1 is 1.11 bits per heavy atom. The lowest BCUT2D eigenvalue weighted by molar-refractivity contribution is 0.0914. The molecule has 0 saturated heterocycles. The van der Waals surface area contributed by atoms with Gasteiger partial charge in [0.1, 0.15) is 17.1 Å². The van der Waals surface area contributed by atoms with Crippen LogP contribution in [0.25, 0.3) is 22.1 Å². The highest BCUT2D eigenvalue weighted by molar-refractivity contribution is 6.08. The predicted octanol–water partition coefficient (Wildman–Crippen LogP) is 5.06. The lowest BCUT2D eigenvalue weighted by Gasteiger charge is -2.12. The van der Waals surface area contributed by atoms with Crippen molar-refractivity contribution in [3.8, 4) is 16.9 Å². The highest BCUT2D eigenvalue weighted by Gasteiger charge is 2.23. The van der Waals surface area contributed by atoms with Crippen molar-refractivity contribution in [3.05, 3.63) is 78.4 Å². The van der Waals surface area contributed by atoms with Crippen LogP contribution in [0.2, 0.25) is 0 Å². The largest absolute Gasteiger partial charge is 0.497 e. The number of hydrogen-bond acceptors (Lipinski definition) is 4. The molecule has 1 atom stereocenters. The molecule has 0 saturated carbocycles. The summed E-state index contributed by atoms with van der Waals surface area (Å²) in [7, 11) is 1.60. The van der Waals surface area contributed by atoms with Gasteiger partial charge < -0.3 is 18.9 Å². The van der Waals surface area contributed by atoms with Crippen molar-refractivity contribution in [2.24, 2.45) is 0 Å². The molecule has 2 aromatic carbocycles. The zero-order valence-electron chi connectivity index (χ0n) is 15.8. The maximum absolute atomic E-state index is 13.0. The van der Waals surface area contributed by atoms with Crippen molar-refractivity contribution in [1.82, 2.24) is 5.32 Å². The van der Waals surface area contributed by atoms with Crippen LogP contribution in [0.5, 0.6) is 5.75 Å². The van der Waals surface area contributed by atoms with Crippen LogP contribution >= 0.6 is 0 Å². The molecule has 4 rings (SSSR count). The summed E-state index contributed by atoms with van der Waals surface area (Å²) in [5, 5.41) is 3.88. The Morgan fingerprint density at radius 2 is 1.93 bits per heavy atom. The normalized spacial score (nSPS) is 12.1. The molecule has 0 aliphatic heterocycles. The van der Waals surface area contributed by atoms with Gasteiger partial charge in [-0.1, -0.05) is 30.3 Å². The fourth-order valence-electron chi connectivity index (χ4n) is 3.33. The third-order valence-electron chi connectivity index (χ3n) is 4.63. The van der Waals surface area contributed by atoms with E-state index in [2.05, 4.69) is 5.32 Å². The Kier molecular flexibility index (Phi) is 4.89. The minimum atomic E-state index is -0.256. The van der Waals surface area contributed by atoms with E-state index in [9.17, 15) is 4.79 Å². The molecule has 0 aliphatic rings. The summed E-state index contributed by atoms with van der Waals surface area (Å²) in [6.45, 7) is 1.94. The molecule has 0 bridgehead atoms. The number of fused-ring (bicyclic) bond motifs is 1. The summed E-state index contributed by atoms with van der Waals surface area (Å²) < 4.78 is 16.6. The Labute approximate surface area is 162 Å². The first-order chi connectivity index (χ1) is 13.7. The maximum atomic E-state index is 13.0. The molecular formula is C23H21NO4. The molecule has 0 aliphatic carbocycles. The van der Waals surface area contributed by atoms with Gasteiger partial charge in [0.15, 0.2) is 0 Å². The Balaban J connectivity index is 1.71. The molecule has 0 radical (unpaired) electrons. The van der Waals surface area contributed by atoms with E-state index in [1.54, 1.807) is 19.4 Å². The molecule has 28 heavy (non-hydrogen) atoms. The standard InChI is InChI=1S/C23H21NO4/c1-15(13-18-9-6-12-27-18)24-23(25)22-21(16-7-4-3-5-8-16)19-11-10-17(26-2)14-20(19)28-22/h3-12,14-15H,13H2,1-2H3,(H,24,25). The Hall–Kier alpha value is -3.47. The van der Waals surface area contributed by atoms with Gasteiger partial charge in [-0.25, -0.2) is 0 Å². The number of benzene rings is 2. The number of nitrogens with one attached hydrogen (secondary N) is 1. The first-order valence-corrected chi connectivity index (χ1v) is 9.15. The minimum Gasteiger partial charge on any atom is -0.497 e. The van der Waals surface area contributed by atoms with Crippen LogP contribution in [0, 0.1) is 0 Å². The number of methoxy groups -OCH3 is 1. The van der Waals surface area contributed by atoms with E-state index in [4.69, 9.17) is 13.6 Å². The van der Waals surface area contributed by atoms with Crippen molar-refractivity contribution in [2.75, 3.05) is 7.11 Å². The van der Waals surface area contributed by atoms with Gasteiger partial charge in [0.05, 0.1) is 13.4 Å². The van der Waals surface area contributed by atoms with Crippen molar-refractivity contribution < 1.29 is 18.4 Å². The monoisotopic (exact) mass is 375 g/mol. The summed E-state index contributed by atoms with van der Waals surface area (Å²) in [6.07, 6.45) is 2.23. The molecule has 0 spiro atoms. The van der Waals surface area contributed by atoms with Crippen LogP contribution in [0.4, 0.5) is 0 Å². The van der Waals surface area contributed by atoms with E-state index in [1.165, 1.54) is 0 Å². The van der Waals surface area contributed by atoms with Gasteiger partial charge in [0.2, 0.25) is 5.76 Å². The molecular weight excluding hydrogens is 354 g/mol. The smallest absolute Gasteiger partial charge is 0.287 e. The second kappa shape index (κ2) is 7.64. The SMILES string of the molecule is COc1ccc2c(-c3ccccc3)c(C(=O)NC(C)Cc3ccco3)oc2c1. The molecule has 1 amide bonds. The van der Waals surface area contributed by atoms with Crippen molar-refractivity contribution >= 4 is 16.9 Å². The van der Waals surface area contributed by atoms with Gasteiger partial charge >= 0.3 is 0 Å². The van der Waals surface area contributed by atoms with Crippen molar-refractivity contribution in [2.45, 2.75) is 19.4 Å². The summed E-state index contributed by atoms with van der Waals surface area (Å²) in [6, 6.07) is 19.0. The number of carbonyl (C=O) groups is 1. The molecule has 4 aromatic rings. The van der Waals surface area contributed by atoms with Crippen molar-refractivity contribution in [1.29, 1.82) is 0 Å². The molecule has 5 nitrogen and oxygen atoms in total. The van der Waals surface area contributed by atoms with E-state index in [-0.39, 0.29) is 11.9 Å². The molecule has 2 heterocycles. The van der Waals surface area contributed by atoms with Crippen LogP contribution in [0.15, 0.2) is 75.8 Å². The fourth-order valence-corrected chi connectivity index (χ4v) is 3.33. The Morgan fingerprint density at radius 3 is 2.64 bits per heavy atom. The van der Waals surface area contributed by atoms with Crippen LogP contribution in [0.3, 0.4) is 0 Å². The third kappa shape index (κ3) is 3.51. The number of carbonyl (C=O) groups excluding carboxylic acids is 1. The second-order valence-corrected chi connectivity index (χ2v) is 6.69. The topological polar surface area (TPSA) is 64.6 Å². The third-order valence-corrected chi connectivity index (χ3v) is 4.63. The van der Waals surface area contributed by atoms with E-state index in [0.29, 0.717) is 23.5 Å². The van der Waals surface area contributed by atoms with E-state index < -0.39 is 0 Å². The zero-order valence-corrected chi connectivity index (χ0v) is 15.8. The molecule has 0 fully saturated rings. The first-order valence-electron chi connectivity index (χ1n) is 9.15. The van der Waals surface area contributed by atoms with Crippen LogP contribution < -0.4 is 10.1 Å². The molecule has 5 heteroatoms. The maximum Gasteiger partial charge on any atom is 0.287 e. The second-order valence-electron chi connectivity index (χ2n) is 6.69. The molecule has 2 aromatic heterocycles. The van der Waals surface area contributed by atoms with Gasteiger partial charge in [-0.15, -0.1) is 0 Å². The lowest BCUT2D eigenvalue weighted by atomic mass is 10.0. The molecule has 1 N–H and O–H groups in total. The van der Waals surface area contributed by atoms with Crippen LogP contribution in [-0.2, 0) is 6.42 Å². The zero-order chi connectivity index (χ0) is 19.5. The van der Waals surface area contributed by atoms with Crippen LogP contribution in [0.1, 0.15) is 23.2 Å². The first kappa shape index (κ1) is 17.9. The summed E-state index contributed by atoms with van der Waals surface area (Å²) >= 11 is 0. The number of hydrogen-bond donors (Lipinski definition) is 1. The summed E-state index contributed by atoms with van der Waals surface area (Å²) in [4.78, 5) is 13.0. The number of furan rings is 2. The van der Waals surface area contributed by atoms with Gasteiger partial charge in [-0.2, -0.15) is 0 Å². The molecule has 142 valence electrons. The number of amides is 1. The quantitative estimate of drug-likeness (QED) is 0.511. The van der Waals surface area contributed by atoms with Crippen molar-refractivity contribution in [3.63, 3.8) is 0 Å². The van der Waals surface area contributed by atoms with E-state index >= 15 is 0 Å². The average molecular weight is 375 g/mol. The van der Waals surface area contributed by atoms with E-state index in [1.807, 2.05) is 61.5 Å². The minimum absolute atomic E-state index is 0.106. The summed E-state index contributed by atoms with van der Waals surface area (Å²) in [5.74, 6) is 1.54. The predicted molar refractivity (Wildman–Crippen MR) is 108 cm³/mol.